The van der Waals surface area contributed by atoms with E-state index in [1.807, 2.05) is 16.7 Å². The summed E-state index contributed by atoms with van der Waals surface area (Å²) >= 11 is 0. The molecule has 9 nitrogen and oxygen atoms in total. The number of hydrogen-bond donors (Lipinski definition) is 3. The van der Waals surface area contributed by atoms with Crippen LogP contribution in [0.4, 0.5) is 17.5 Å². The number of aromatic hydroxyl groups is 1. The number of fused-ring (bicyclic) bond motifs is 2. The predicted molar refractivity (Wildman–Crippen MR) is 136 cm³/mol. The Bertz CT molecular complexity index is 1330. The lowest BCUT2D eigenvalue weighted by Gasteiger charge is -2.36. The summed E-state index contributed by atoms with van der Waals surface area (Å²) in [6.45, 7) is 3.70. The maximum Gasteiger partial charge on any atom is 0.229 e. The molecule has 35 heavy (non-hydrogen) atoms. The minimum absolute atomic E-state index is 0.0227. The number of aromatic nitrogens is 4. The number of aliphatic hydroxyl groups is 1. The number of nitrogens with zero attached hydrogens (tertiary/aromatic N) is 6. The predicted octanol–water partition coefficient (Wildman–Crippen LogP) is 2.95. The van der Waals surface area contributed by atoms with Crippen LogP contribution in [0.15, 0.2) is 54.9 Å². The molecule has 0 radical (unpaired) electrons. The molecule has 2 aromatic heterocycles. The average molecular weight is 472 g/mol. The summed E-state index contributed by atoms with van der Waals surface area (Å²) in [5.41, 5.74) is 5.26. The van der Waals surface area contributed by atoms with Crippen molar-refractivity contribution < 1.29 is 10.2 Å². The second-order valence-corrected chi connectivity index (χ2v) is 9.13. The minimum atomic E-state index is 0.0227. The second-order valence-electron chi connectivity index (χ2n) is 9.13. The highest BCUT2D eigenvalue weighted by molar-refractivity contribution is 5.84. The molecule has 0 spiro atoms. The number of aryl methyl sites for hydroxylation is 1. The third kappa shape index (κ3) is 4.12. The fourth-order valence-corrected chi connectivity index (χ4v) is 5.15. The van der Waals surface area contributed by atoms with Gasteiger partial charge in [0.2, 0.25) is 5.95 Å². The van der Waals surface area contributed by atoms with Crippen LogP contribution >= 0.6 is 0 Å². The first-order valence-corrected chi connectivity index (χ1v) is 12.2. The van der Waals surface area contributed by atoms with Gasteiger partial charge in [0.1, 0.15) is 5.75 Å². The molecule has 2 aromatic carbocycles. The van der Waals surface area contributed by atoms with E-state index in [0.717, 1.165) is 61.7 Å². The molecule has 1 saturated heterocycles. The summed E-state index contributed by atoms with van der Waals surface area (Å²) in [6.07, 6.45) is 3.80. The van der Waals surface area contributed by atoms with Crippen LogP contribution in [-0.2, 0) is 13.0 Å². The standard InChI is InChI=1S/C26H29N7O2/c34-16-15-33-17-27-23-24(28-22-10-5-18-3-1-2-4-21(18)22)29-26(30-25(23)33)32-13-11-31(12-14-32)19-6-8-20(35)9-7-19/h1-4,6-9,17,22,34-35H,5,10-16H2,(H,28,29,30)/t22-/m1/s1. The van der Waals surface area contributed by atoms with Crippen LogP contribution in [0.2, 0.25) is 0 Å². The van der Waals surface area contributed by atoms with Gasteiger partial charge in [-0.15, -0.1) is 0 Å². The van der Waals surface area contributed by atoms with E-state index in [1.165, 1.54) is 11.1 Å². The fourth-order valence-electron chi connectivity index (χ4n) is 5.15. The van der Waals surface area contributed by atoms with Gasteiger partial charge in [-0.25, -0.2) is 4.98 Å². The van der Waals surface area contributed by atoms with Crippen LogP contribution < -0.4 is 15.1 Å². The van der Waals surface area contributed by atoms with Crippen molar-refractivity contribution in [2.24, 2.45) is 0 Å². The van der Waals surface area contributed by atoms with Crippen molar-refractivity contribution in [1.29, 1.82) is 0 Å². The zero-order chi connectivity index (χ0) is 23.8. The quantitative estimate of drug-likeness (QED) is 0.395. The molecule has 3 heterocycles. The van der Waals surface area contributed by atoms with Gasteiger partial charge in [-0.05, 0) is 48.2 Å². The monoisotopic (exact) mass is 471 g/mol. The lowest BCUT2D eigenvalue weighted by Crippen LogP contribution is -2.47. The van der Waals surface area contributed by atoms with Crippen molar-refractivity contribution >= 4 is 28.6 Å². The van der Waals surface area contributed by atoms with E-state index in [4.69, 9.17) is 9.97 Å². The number of phenolic OH excluding ortho intramolecular Hbond substituents is 1. The number of phenols is 1. The third-order valence-corrected chi connectivity index (χ3v) is 7.01. The number of aliphatic hydroxyl groups excluding tert-OH is 1. The van der Waals surface area contributed by atoms with Crippen molar-refractivity contribution in [3.63, 3.8) is 0 Å². The summed E-state index contributed by atoms with van der Waals surface area (Å²) in [5.74, 6) is 1.69. The highest BCUT2D eigenvalue weighted by Gasteiger charge is 2.26. The molecular weight excluding hydrogens is 442 g/mol. The highest BCUT2D eigenvalue weighted by atomic mass is 16.3. The molecule has 3 N–H and O–H groups in total. The van der Waals surface area contributed by atoms with Crippen molar-refractivity contribution in [3.05, 3.63) is 66.0 Å². The van der Waals surface area contributed by atoms with Crippen molar-refractivity contribution in [2.45, 2.75) is 25.4 Å². The van der Waals surface area contributed by atoms with Crippen LogP contribution in [-0.4, -0.2) is 62.5 Å². The average Bonchev–Trinajstić information content (AvgIpc) is 3.49. The first-order valence-electron chi connectivity index (χ1n) is 12.2. The lowest BCUT2D eigenvalue weighted by molar-refractivity contribution is 0.277. The number of anilines is 3. The maximum absolute atomic E-state index is 9.59. The topological polar surface area (TPSA) is 103 Å². The van der Waals surface area contributed by atoms with Crippen molar-refractivity contribution in [2.75, 3.05) is 47.9 Å². The third-order valence-electron chi connectivity index (χ3n) is 7.01. The normalized spacial score (nSPS) is 17.7. The number of rotatable bonds is 6. The van der Waals surface area contributed by atoms with E-state index in [-0.39, 0.29) is 18.4 Å². The van der Waals surface area contributed by atoms with Gasteiger partial charge in [0.15, 0.2) is 17.0 Å². The Labute approximate surface area is 203 Å². The van der Waals surface area contributed by atoms with Gasteiger partial charge < -0.3 is 29.9 Å². The van der Waals surface area contributed by atoms with E-state index in [0.29, 0.717) is 12.5 Å². The first kappa shape index (κ1) is 21.7. The van der Waals surface area contributed by atoms with E-state index < -0.39 is 0 Å². The Morgan fingerprint density at radius 1 is 0.943 bits per heavy atom. The Balaban J connectivity index is 1.29. The Hall–Kier alpha value is -3.85. The van der Waals surface area contributed by atoms with Crippen molar-refractivity contribution in [1.82, 2.24) is 19.5 Å². The molecule has 180 valence electrons. The van der Waals surface area contributed by atoms with Crippen LogP contribution in [0.5, 0.6) is 5.75 Å². The van der Waals surface area contributed by atoms with Crippen LogP contribution in [0.1, 0.15) is 23.6 Å². The molecule has 1 aliphatic heterocycles. The zero-order valence-corrected chi connectivity index (χ0v) is 19.5. The largest absolute Gasteiger partial charge is 0.508 e. The van der Waals surface area contributed by atoms with Crippen LogP contribution in [0, 0.1) is 0 Å². The molecule has 1 aliphatic carbocycles. The number of nitrogens with one attached hydrogen (secondary N) is 1. The maximum atomic E-state index is 9.59. The molecule has 1 atom stereocenters. The van der Waals surface area contributed by atoms with Gasteiger partial charge in [0.25, 0.3) is 0 Å². The zero-order valence-electron chi connectivity index (χ0n) is 19.5. The number of imidazole rings is 1. The molecule has 0 amide bonds. The molecule has 9 heteroatoms. The Morgan fingerprint density at radius 2 is 1.71 bits per heavy atom. The van der Waals surface area contributed by atoms with Crippen LogP contribution in [0.3, 0.4) is 0 Å². The minimum Gasteiger partial charge on any atom is -0.508 e. The fraction of sp³-hybridized carbons (Fsp3) is 0.346. The van der Waals surface area contributed by atoms with Gasteiger partial charge in [-0.2, -0.15) is 9.97 Å². The number of piperazine rings is 1. The number of hydrogen-bond acceptors (Lipinski definition) is 8. The first-order chi connectivity index (χ1) is 17.2. The molecule has 0 bridgehead atoms. The summed E-state index contributed by atoms with van der Waals surface area (Å²) in [7, 11) is 0. The summed E-state index contributed by atoms with van der Waals surface area (Å²) in [6, 6.07) is 16.1. The summed E-state index contributed by atoms with van der Waals surface area (Å²) in [5, 5.41) is 22.8. The molecule has 2 aliphatic rings. The van der Waals surface area contributed by atoms with Gasteiger partial charge in [0, 0.05) is 38.4 Å². The van der Waals surface area contributed by atoms with Gasteiger partial charge in [-0.1, -0.05) is 24.3 Å². The highest BCUT2D eigenvalue weighted by Crippen LogP contribution is 2.35. The Morgan fingerprint density at radius 3 is 2.51 bits per heavy atom. The lowest BCUT2D eigenvalue weighted by atomic mass is 10.1. The SMILES string of the molecule is OCCn1cnc2c(N[C@@H]3CCc4ccccc43)nc(N3CCN(c4ccc(O)cc4)CC3)nc21. The molecule has 0 saturated carbocycles. The summed E-state index contributed by atoms with van der Waals surface area (Å²) in [4.78, 5) is 18.9. The van der Waals surface area contributed by atoms with E-state index in [1.54, 1.807) is 18.5 Å². The van der Waals surface area contributed by atoms with Gasteiger partial charge >= 0.3 is 0 Å². The summed E-state index contributed by atoms with van der Waals surface area (Å²) < 4.78 is 1.89. The molecular formula is C26H29N7O2. The van der Waals surface area contributed by atoms with Crippen LogP contribution in [0.25, 0.3) is 11.2 Å². The van der Waals surface area contributed by atoms with E-state index in [9.17, 15) is 10.2 Å². The molecule has 0 unspecified atom stereocenters. The van der Waals surface area contributed by atoms with Gasteiger partial charge in [-0.3, -0.25) is 0 Å². The van der Waals surface area contributed by atoms with Crippen molar-refractivity contribution in [3.8, 4) is 5.75 Å². The Kier molecular flexibility index (Phi) is 5.61. The van der Waals surface area contributed by atoms with E-state index >= 15 is 0 Å². The number of benzene rings is 2. The second kappa shape index (κ2) is 9.07. The van der Waals surface area contributed by atoms with Gasteiger partial charge in [0.05, 0.1) is 19.0 Å². The molecule has 6 rings (SSSR count). The smallest absolute Gasteiger partial charge is 0.229 e. The molecule has 1 fully saturated rings. The molecule has 4 aromatic rings. The van der Waals surface area contributed by atoms with E-state index in [2.05, 4.69) is 44.4 Å².